The standard InChI is InChI=1S/C35H64N12O11S/c1-18(2)14-22(33(56)47-13-7-10-25(47)32(55)46-27(19(3)49)34(57)58)43-29(52)21(9-6-12-40-35(38)39)42-30(53)23(16-48)44-31(54)24(17-59)45-28(51)20(8-4-5-11-36)41-26(50)15-37/h18-25,27,48-49,59H,4-17,36-37H2,1-3H3,(H,41,50)(H,42,53)(H,43,52)(H,44,54)(H,45,51)(H,46,55)(H,57,58)(H4,38,39,40). The van der Waals surface area contributed by atoms with Crippen molar-refractivity contribution in [2.75, 3.05) is 38.5 Å². The zero-order chi connectivity index (χ0) is 44.8. The average molecular weight is 861 g/mol. The van der Waals surface area contributed by atoms with Crippen LogP contribution in [0, 0.1) is 5.92 Å². The smallest absolute Gasteiger partial charge is 0.328 e. The average Bonchev–Trinajstić information content (AvgIpc) is 3.67. The van der Waals surface area contributed by atoms with Crippen LogP contribution < -0.4 is 54.8 Å². The second kappa shape index (κ2) is 27.1. The second-order valence-corrected chi connectivity index (χ2v) is 14.9. The van der Waals surface area contributed by atoms with Gasteiger partial charge in [-0.1, -0.05) is 13.8 Å². The maximum absolute atomic E-state index is 14.0. The van der Waals surface area contributed by atoms with Crippen LogP contribution in [0.4, 0.5) is 0 Å². The first-order valence-corrected chi connectivity index (χ1v) is 20.1. The number of nitrogens with two attached hydrogens (primary N) is 4. The number of aliphatic hydroxyl groups excluding tert-OH is 2. The predicted molar refractivity (Wildman–Crippen MR) is 218 cm³/mol. The Labute approximate surface area is 348 Å². The number of likely N-dealkylation sites (tertiary alicyclic amines) is 1. The van der Waals surface area contributed by atoms with E-state index in [1.807, 2.05) is 0 Å². The summed E-state index contributed by atoms with van der Waals surface area (Å²) in [5.41, 5.74) is 21.8. The molecule has 0 saturated carbocycles. The van der Waals surface area contributed by atoms with E-state index in [9.17, 15) is 53.7 Å². The minimum absolute atomic E-state index is 0.0487. The number of thiol groups is 1. The molecule has 1 rings (SSSR count). The van der Waals surface area contributed by atoms with E-state index in [0.717, 1.165) is 0 Å². The van der Waals surface area contributed by atoms with Crippen molar-refractivity contribution in [1.82, 2.24) is 36.8 Å². The fourth-order valence-corrected chi connectivity index (χ4v) is 6.36. The fourth-order valence-electron chi connectivity index (χ4n) is 6.10. The summed E-state index contributed by atoms with van der Waals surface area (Å²) in [6, 6.07) is -9.31. The van der Waals surface area contributed by atoms with Crippen molar-refractivity contribution in [2.24, 2.45) is 33.8 Å². The summed E-state index contributed by atoms with van der Waals surface area (Å²) in [5, 5.41) is 44.1. The number of amides is 7. The molecule has 1 heterocycles. The van der Waals surface area contributed by atoms with Gasteiger partial charge in [0.1, 0.15) is 36.3 Å². The van der Waals surface area contributed by atoms with Crippen LogP contribution in [0.1, 0.15) is 72.1 Å². The molecule has 7 amide bonds. The molecule has 1 fully saturated rings. The molecule has 0 bridgehead atoms. The first-order chi connectivity index (χ1) is 27.8. The van der Waals surface area contributed by atoms with Crippen molar-refractivity contribution in [2.45, 2.75) is 121 Å². The van der Waals surface area contributed by atoms with Crippen LogP contribution in [-0.2, 0) is 38.4 Å². The lowest BCUT2D eigenvalue weighted by Gasteiger charge is -2.31. The summed E-state index contributed by atoms with van der Waals surface area (Å²) < 4.78 is 0. The number of unbranched alkanes of at least 4 members (excludes halogenated alkanes) is 1. The molecule has 17 N–H and O–H groups in total. The van der Waals surface area contributed by atoms with Gasteiger partial charge in [-0.3, -0.25) is 38.6 Å². The highest BCUT2D eigenvalue weighted by Gasteiger charge is 2.40. The number of carbonyl (C=O) groups excluding carboxylic acids is 7. The molecule has 1 aliphatic heterocycles. The van der Waals surface area contributed by atoms with Gasteiger partial charge < -0.3 is 75.1 Å². The van der Waals surface area contributed by atoms with Crippen LogP contribution >= 0.6 is 12.6 Å². The fraction of sp³-hybridized carbons (Fsp3) is 0.743. The molecule has 0 spiro atoms. The normalized spacial score (nSPS) is 17.2. The predicted octanol–water partition coefficient (Wildman–Crippen LogP) is -5.54. The van der Waals surface area contributed by atoms with Gasteiger partial charge in [-0.05, 0) is 70.8 Å². The molecule has 0 aromatic rings. The minimum atomic E-state index is -1.64. The molecule has 0 aliphatic carbocycles. The highest BCUT2D eigenvalue weighted by Crippen LogP contribution is 2.21. The molecule has 23 nitrogen and oxygen atoms in total. The summed E-state index contributed by atoms with van der Waals surface area (Å²) in [7, 11) is 0. The third kappa shape index (κ3) is 18.4. The lowest BCUT2D eigenvalue weighted by atomic mass is 10.0. The Morgan fingerprint density at radius 1 is 0.780 bits per heavy atom. The second-order valence-electron chi connectivity index (χ2n) is 14.6. The maximum atomic E-state index is 14.0. The van der Waals surface area contributed by atoms with Gasteiger partial charge in [0.15, 0.2) is 12.0 Å². The number of hydrogen-bond acceptors (Lipinski definition) is 14. The molecule has 0 aromatic heterocycles. The van der Waals surface area contributed by atoms with Gasteiger partial charge in [-0.25, -0.2) is 4.79 Å². The third-order valence-corrected chi connectivity index (χ3v) is 9.56. The Morgan fingerprint density at radius 3 is 1.85 bits per heavy atom. The number of nitrogens with one attached hydrogen (secondary N) is 6. The third-order valence-electron chi connectivity index (χ3n) is 9.20. The summed E-state index contributed by atoms with van der Waals surface area (Å²) >= 11 is 4.14. The maximum Gasteiger partial charge on any atom is 0.328 e. The Bertz CT molecular complexity index is 1470. The van der Waals surface area contributed by atoms with E-state index < -0.39 is 102 Å². The molecule has 0 radical (unpaired) electrons. The highest BCUT2D eigenvalue weighted by molar-refractivity contribution is 7.80. The van der Waals surface area contributed by atoms with Gasteiger partial charge >= 0.3 is 5.97 Å². The molecule has 0 aromatic carbocycles. The largest absolute Gasteiger partial charge is 0.480 e. The van der Waals surface area contributed by atoms with Crippen LogP contribution in [0.3, 0.4) is 0 Å². The number of nitrogens with zero attached hydrogens (tertiary/aromatic N) is 2. The quantitative estimate of drug-likeness (QED) is 0.0159. The molecule has 59 heavy (non-hydrogen) atoms. The number of carboxylic acids is 1. The van der Waals surface area contributed by atoms with E-state index in [2.05, 4.69) is 49.5 Å². The van der Waals surface area contributed by atoms with Crippen LogP contribution in [0.2, 0.25) is 0 Å². The Hall–Kier alpha value is -4.78. The van der Waals surface area contributed by atoms with Crippen molar-refractivity contribution in [1.29, 1.82) is 0 Å². The first kappa shape index (κ1) is 52.2. The molecular weight excluding hydrogens is 797 g/mol. The van der Waals surface area contributed by atoms with Crippen molar-refractivity contribution in [3.05, 3.63) is 0 Å². The van der Waals surface area contributed by atoms with E-state index in [1.54, 1.807) is 13.8 Å². The molecule has 1 saturated heterocycles. The number of aliphatic carboxylic acids is 1. The van der Waals surface area contributed by atoms with E-state index in [-0.39, 0.29) is 69.4 Å². The summed E-state index contributed by atoms with van der Waals surface area (Å²) in [4.78, 5) is 110. The first-order valence-electron chi connectivity index (χ1n) is 19.5. The van der Waals surface area contributed by atoms with Crippen molar-refractivity contribution in [3.63, 3.8) is 0 Å². The topological polar surface area (TPSA) is 389 Å². The van der Waals surface area contributed by atoms with Crippen LogP contribution in [-0.4, -0.2) is 160 Å². The summed E-state index contributed by atoms with van der Waals surface area (Å²) in [5.74, 6) is -7.60. The van der Waals surface area contributed by atoms with Crippen LogP contribution in [0.5, 0.6) is 0 Å². The minimum Gasteiger partial charge on any atom is -0.480 e. The van der Waals surface area contributed by atoms with E-state index in [0.29, 0.717) is 25.8 Å². The lowest BCUT2D eigenvalue weighted by Crippen LogP contribution is -2.61. The van der Waals surface area contributed by atoms with Crippen molar-refractivity contribution >= 4 is 65.9 Å². The molecule has 1 aliphatic rings. The Morgan fingerprint density at radius 2 is 1.32 bits per heavy atom. The van der Waals surface area contributed by atoms with Gasteiger partial charge in [0.25, 0.3) is 0 Å². The van der Waals surface area contributed by atoms with Gasteiger partial charge in [-0.15, -0.1) is 0 Å². The Balaban J connectivity index is 3.26. The summed E-state index contributed by atoms with van der Waals surface area (Å²) in [6.45, 7) is 3.99. The molecule has 8 atom stereocenters. The number of aliphatic hydroxyl groups is 2. The number of guanidine groups is 1. The zero-order valence-corrected chi connectivity index (χ0v) is 34.7. The van der Waals surface area contributed by atoms with Gasteiger partial charge in [-0.2, -0.15) is 12.6 Å². The lowest BCUT2D eigenvalue weighted by molar-refractivity contribution is -0.147. The van der Waals surface area contributed by atoms with Gasteiger partial charge in [0, 0.05) is 18.8 Å². The van der Waals surface area contributed by atoms with Gasteiger partial charge in [0.2, 0.25) is 41.4 Å². The highest BCUT2D eigenvalue weighted by atomic mass is 32.1. The zero-order valence-electron chi connectivity index (χ0n) is 33.9. The molecule has 8 unspecified atom stereocenters. The van der Waals surface area contributed by atoms with Gasteiger partial charge in [0.05, 0.1) is 19.3 Å². The SMILES string of the molecule is CC(C)CC(NC(=O)C(CCCN=C(N)N)NC(=O)C(CO)NC(=O)C(CS)NC(=O)C(CCCCN)NC(=O)CN)C(=O)N1CCCC1C(=O)NC(C(=O)O)C(C)O. The molecular formula is C35H64N12O11S. The number of rotatable bonds is 27. The Kier molecular flexibility index (Phi) is 24.0. The van der Waals surface area contributed by atoms with Crippen molar-refractivity contribution in [3.8, 4) is 0 Å². The van der Waals surface area contributed by atoms with E-state index in [4.69, 9.17) is 22.9 Å². The van der Waals surface area contributed by atoms with Crippen LogP contribution in [0.15, 0.2) is 4.99 Å². The van der Waals surface area contributed by atoms with E-state index in [1.165, 1.54) is 11.8 Å². The number of carboxylic acid groups (broad SMARTS) is 1. The van der Waals surface area contributed by atoms with Crippen molar-refractivity contribution < 1.29 is 53.7 Å². The summed E-state index contributed by atoms with van der Waals surface area (Å²) in [6.07, 6.45) is 0.576. The van der Waals surface area contributed by atoms with Crippen LogP contribution in [0.25, 0.3) is 0 Å². The number of hydrogen-bond donors (Lipinski definition) is 14. The molecule has 24 heteroatoms. The number of aliphatic imine (C=N–C) groups is 1. The van der Waals surface area contributed by atoms with E-state index >= 15 is 0 Å². The monoisotopic (exact) mass is 860 g/mol. The molecule has 336 valence electrons. The number of carbonyl (C=O) groups is 8.